The molecule has 0 amide bonds. The Balaban J connectivity index is 0.00000144. The SMILES string of the molecule is CNCc1cc(F)c(F)cc1F.Cl. The third kappa shape index (κ3) is 2.90. The Bertz CT molecular complexity index is 291. The highest BCUT2D eigenvalue weighted by Gasteiger charge is 2.08. The topological polar surface area (TPSA) is 12.0 Å². The van der Waals surface area contributed by atoms with Crippen molar-refractivity contribution in [3.63, 3.8) is 0 Å². The molecule has 0 fully saturated rings. The lowest BCUT2D eigenvalue weighted by Gasteiger charge is -2.02. The van der Waals surface area contributed by atoms with Gasteiger partial charge < -0.3 is 5.32 Å². The molecule has 1 nitrogen and oxygen atoms in total. The first-order valence-corrected chi connectivity index (χ1v) is 3.43. The lowest BCUT2D eigenvalue weighted by atomic mass is 10.2. The molecule has 0 aliphatic heterocycles. The molecule has 0 aliphatic rings. The van der Waals surface area contributed by atoms with E-state index >= 15 is 0 Å². The molecule has 1 rings (SSSR count). The fourth-order valence-corrected chi connectivity index (χ4v) is 0.890. The standard InChI is InChI=1S/C8H8F3N.ClH/c1-12-4-5-2-7(10)8(11)3-6(5)9;/h2-3,12H,4H2,1H3;1H. The van der Waals surface area contributed by atoms with E-state index in [1.807, 2.05) is 0 Å². The maximum absolute atomic E-state index is 12.8. The van der Waals surface area contributed by atoms with Gasteiger partial charge in [-0.1, -0.05) is 0 Å². The second-order valence-corrected chi connectivity index (χ2v) is 2.39. The molecule has 1 N–H and O–H groups in total. The molecule has 0 radical (unpaired) electrons. The van der Waals surface area contributed by atoms with Gasteiger partial charge in [-0.15, -0.1) is 12.4 Å². The van der Waals surface area contributed by atoms with Crippen molar-refractivity contribution in [3.8, 4) is 0 Å². The molecule has 0 spiro atoms. The Morgan fingerprint density at radius 2 is 1.62 bits per heavy atom. The summed E-state index contributed by atoms with van der Waals surface area (Å²) >= 11 is 0. The summed E-state index contributed by atoms with van der Waals surface area (Å²) in [6.07, 6.45) is 0. The highest BCUT2D eigenvalue weighted by molar-refractivity contribution is 5.85. The van der Waals surface area contributed by atoms with Crippen molar-refractivity contribution in [2.24, 2.45) is 0 Å². The van der Waals surface area contributed by atoms with Crippen LogP contribution in [-0.2, 0) is 6.54 Å². The minimum Gasteiger partial charge on any atom is -0.316 e. The molecule has 0 saturated heterocycles. The molecule has 13 heavy (non-hydrogen) atoms. The largest absolute Gasteiger partial charge is 0.316 e. The van der Waals surface area contributed by atoms with Crippen LogP contribution in [0.4, 0.5) is 13.2 Å². The van der Waals surface area contributed by atoms with Crippen LogP contribution in [0.1, 0.15) is 5.56 Å². The van der Waals surface area contributed by atoms with Crippen molar-refractivity contribution in [1.82, 2.24) is 5.32 Å². The van der Waals surface area contributed by atoms with E-state index in [0.29, 0.717) is 6.07 Å². The number of halogens is 4. The van der Waals surface area contributed by atoms with E-state index in [2.05, 4.69) is 5.32 Å². The Labute approximate surface area is 80.4 Å². The zero-order valence-electron chi connectivity index (χ0n) is 6.90. The first-order valence-electron chi connectivity index (χ1n) is 3.43. The van der Waals surface area contributed by atoms with Crippen LogP contribution in [0.5, 0.6) is 0 Å². The Hall–Kier alpha value is -0.740. The van der Waals surface area contributed by atoms with Crippen molar-refractivity contribution in [3.05, 3.63) is 35.1 Å². The third-order valence-corrected chi connectivity index (χ3v) is 1.46. The molecule has 0 saturated carbocycles. The van der Waals surface area contributed by atoms with Gasteiger partial charge in [0.25, 0.3) is 0 Å². The first kappa shape index (κ1) is 12.3. The van der Waals surface area contributed by atoms with E-state index in [1.54, 1.807) is 7.05 Å². The van der Waals surface area contributed by atoms with Crippen LogP contribution in [0.25, 0.3) is 0 Å². The number of hydrogen-bond acceptors (Lipinski definition) is 1. The van der Waals surface area contributed by atoms with Gasteiger partial charge in [-0.25, -0.2) is 13.2 Å². The number of nitrogens with one attached hydrogen (secondary N) is 1. The van der Waals surface area contributed by atoms with Gasteiger partial charge in [-0.2, -0.15) is 0 Å². The van der Waals surface area contributed by atoms with E-state index in [4.69, 9.17) is 0 Å². The lowest BCUT2D eigenvalue weighted by molar-refractivity contribution is 0.488. The summed E-state index contributed by atoms with van der Waals surface area (Å²) in [4.78, 5) is 0. The predicted molar refractivity (Wildman–Crippen MR) is 46.3 cm³/mol. The van der Waals surface area contributed by atoms with Gasteiger partial charge in [0, 0.05) is 18.2 Å². The normalized spacial score (nSPS) is 9.54. The molecule has 0 aliphatic carbocycles. The zero-order valence-corrected chi connectivity index (χ0v) is 7.72. The van der Waals surface area contributed by atoms with Crippen LogP contribution in [0, 0.1) is 17.5 Å². The highest BCUT2D eigenvalue weighted by Crippen LogP contribution is 2.12. The Kier molecular flexibility index (Phi) is 4.80. The molecule has 1 aromatic carbocycles. The van der Waals surface area contributed by atoms with Gasteiger partial charge in [0.2, 0.25) is 0 Å². The molecule has 0 unspecified atom stereocenters. The van der Waals surface area contributed by atoms with Gasteiger partial charge in [0.15, 0.2) is 11.6 Å². The second-order valence-electron chi connectivity index (χ2n) is 2.39. The summed E-state index contributed by atoms with van der Waals surface area (Å²) in [7, 11) is 1.60. The molecule has 0 bridgehead atoms. The van der Waals surface area contributed by atoms with Crippen molar-refractivity contribution >= 4 is 12.4 Å². The summed E-state index contributed by atoms with van der Waals surface area (Å²) in [5.41, 5.74) is 0.122. The minimum absolute atomic E-state index is 0. The lowest BCUT2D eigenvalue weighted by Crippen LogP contribution is -2.08. The predicted octanol–water partition coefficient (Wildman–Crippen LogP) is 2.25. The third-order valence-electron chi connectivity index (χ3n) is 1.46. The summed E-state index contributed by atoms with van der Waals surface area (Å²) in [6.45, 7) is 0.184. The molecule has 74 valence electrons. The summed E-state index contributed by atoms with van der Waals surface area (Å²) in [5.74, 6) is -2.92. The maximum atomic E-state index is 12.8. The minimum atomic E-state index is -1.16. The molecular formula is C8H9ClF3N. The molecular weight excluding hydrogens is 203 g/mol. The van der Waals surface area contributed by atoms with Gasteiger partial charge in [-0.3, -0.25) is 0 Å². The first-order chi connectivity index (χ1) is 5.65. The summed E-state index contributed by atoms with van der Waals surface area (Å²) in [5, 5.41) is 2.64. The fraction of sp³-hybridized carbons (Fsp3) is 0.250. The second kappa shape index (κ2) is 5.09. The van der Waals surface area contributed by atoms with E-state index in [0.717, 1.165) is 6.07 Å². The maximum Gasteiger partial charge on any atom is 0.161 e. The van der Waals surface area contributed by atoms with Gasteiger partial charge in [-0.05, 0) is 13.1 Å². The molecule has 0 atom stereocenters. The van der Waals surface area contributed by atoms with Crippen LogP contribution < -0.4 is 5.32 Å². The Morgan fingerprint density at radius 3 is 2.15 bits per heavy atom. The number of rotatable bonds is 2. The van der Waals surface area contributed by atoms with Crippen molar-refractivity contribution in [2.45, 2.75) is 6.54 Å². The summed E-state index contributed by atoms with van der Waals surface area (Å²) in [6, 6.07) is 1.39. The number of benzene rings is 1. The van der Waals surface area contributed by atoms with Crippen LogP contribution in [0.2, 0.25) is 0 Å². The van der Waals surface area contributed by atoms with Gasteiger partial charge in [0.1, 0.15) is 5.82 Å². The molecule has 0 heterocycles. The van der Waals surface area contributed by atoms with E-state index in [-0.39, 0.29) is 24.5 Å². The summed E-state index contributed by atoms with van der Waals surface area (Å²) < 4.78 is 37.6. The van der Waals surface area contributed by atoms with Crippen LogP contribution in [0.15, 0.2) is 12.1 Å². The average Bonchev–Trinajstić information content (AvgIpc) is 2.01. The molecule has 5 heteroatoms. The van der Waals surface area contributed by atoms with Crippen LogP contribution >= 0.6 is 12.4 Å². The quantitative estimate of drug-likeness (QED) is 0.740. The molecule has 0 aromatic heterocycles. The highest BCUT2D eigenvalue weighted by atomic mass is 35.5. The van der Waals surface area contributed by atoms with Crippen LogP contribution in [-0.4, -0.2) is 7.05 Å². The van der Waals surface area contributed by atoms with Crippen molar-refractivity contribution in [1.29, 1.82) is 0 Å². The van der Waals surface area contributed by atoms with E-state index in [9.17, 15) is 13.2 Å². The number of hydrogen-bond donors (Lipinski definition) is 1. The average molecular weight is 212 g/mol. The van der Waals surface area contributed by atoms with Crippen molar-refractivity contribution < 1.29 is 13.2 Å². The van der Waals surface area contributed by atoms with E-state index in [1.165, 1.54) is 0 Å². The smallest absolute Gasteiger partial charge is 0.161 e. The van der Waals surface area contributed by atoms with Gasteiger partial charge >= 0.3 is 0 Å². The van der Waals surface area contributed by atoms with Crippen LogP contribution in [0.3, 0.4) is 0 Å². The molecule has 1 aromatic rings. The van der Waals surface area contributed by atoms with Crippen molar-refractivity contribution in [2.75, 3.05) is 7.05 Å². The zero-order chi connectivity index (χ0) is 9.14. The fourth-order valence-electron chi connectivity index (χ4n) is 0.890. The van der Waals surface area contributed by atoms with E-state index < -0.39 is 17.5 Å². The van der Waals surface area contributed by atoms with Gasteiger partial charge in [0.05, 0.1) is 0 Å². The monoisotopic (exact) mass is 211 g/mol. The Morgan fingerprint density at radius 1 is 1.08 bits per heavy atom.